The lowest BCUT2D eigenvalue weighted by Gasteiger charge is -2.38. The number of likely N-dealkylation sites (tertiary alicyclic amines) is 1. The van der Waals surface area contributed by atoms with Gasteiger partial charge in [0, 0.05) is 13.1 Å². The van der Waals surface area contributed by atoms with Crippen LogP contribution in [0.1, 0.15) is 39.2 Å². The number of benzene rings is 1. The minimum atomic E-state index is -1.92. The number of rotatable bonds is 4. The third kappa shape index (κ3) is 4.83. The van der Waals surface area contributed by atoms with Gasteiger partial charge in [0.2, 0.25) is 0 Å². The van der Waals surface area contributed by atoms with Crippen LogP contribution in [0.2, 0.25) is 18.1 Å². The van der Waals surface area contributed by atoms with Crippen molar-refractivity contribution in [3.8, 4) is 0 Å². The highest BCUT2D eigenvalue weighted by atomic mass is 28.4. The highest BCUT2D eigenvalue weighted by molar-refractivity contribution is 6.74. The number of amides is 1. The van der Waals surface area contributed by atoms with Crippen molar-refractivity contribution in [1.29, 1.82) is 0 Å². The van der Waals surface area contributed by atoms with Crippen LogP contribution in [0.15, 0.2) is 30.3 Å². The van der Waals surface area contributed by atoms with E-state index in [-0.39, 0.29) is 17.9 Å². The lowest BCUT2D eigenvalue weighted by Crippen LogP contribution is -2.46. The first-order valence-electron chi connectivity index (χ1n) is 8.89. The highest BCUT2D eigenvalue weighted by Crippen LogP contribution is 2.36. The Bertz CT molecular complexity index is 575. The van der Waals surface area contributed by atoms with Crippen LogP contribution >= 0.6 is 0 Å². The average Bonchev–Trinajstić information content (AvgIpc) is 2.55. The summed E-state index contributed by atoms with van der Waals surface area (Å²) in [7, 11) is -1.92. The van der Waals surface area contributed by atoms with Gasteiger partial charge < -0.3 is 19.2 Å². The van der Waals surface area contributed by atoms with Gasteiger partial charge in [-0.2, -0.15) is 0 Å². The summed E-state index contributed by atoms with van der Waals surface area (Å²) < 4.78 is 11.2. The Kier molecular flexibility index (Phi) is 5.96. The molecule has 140 valence electrons. The fourth-order valence-corrected chi connectivity index (χ4v) is 3.42. The molecule has 1 heterocycles. The molecule has 1 aliphatic heterocycles. The van der Waals surface area contributed by atoms with Gasteiger partial charge >= 0.3 is 6.09 Å². The molecule has 5 nitrogen and oxygen atoms in total. The third-order valence-electron chi connectivity index (χ3n) is 5.57. The van der Waals surface area contributed by atoms with E-state index >= 15 is 0 Å². The predicted molar refractivity (Wildman–Crippen MR) is 101 cm³/mol. The van der Waals surface area contributed by atoms with Crippen molar-refractivity contribution in [1.82, 2.24) is 4.90 Å². The van der Waals surface area contributed by atoms with E-state index in [2.05, 4.69) is 33.9 Å². The Morgan fingerprint density at radius 1 is 1.20 bits per heavy atom. The molecule has 1 aliphatic rings. The van der Waals surface area contributed by atoms with E-state index in [4.69, 9.17) is 9.16 Å². The van der Waals surface area contributed by atoms with Crippen molar-refractivity contribution in [3.05, 3.63) is 35.9 Å². The van der Waals surface area contributed by atoms with Crippen molar-refractivity contribution < 1.29 is 19.1 Å². The maximum Gasteiger partial charge on any atom is 0.411 e. The first-order valence-corrected chi connectivity index (χ1v) is 11.8. The topological polar surface area (TPSA) is 59.0 Å². The number of nitrogens with zero attached hydrogens (tertiary/aromatic N) is 1. The number of piperidine rings is 1. The molecule has 1 aromatic rings. The van der Waals surface area contributed by atoms with E-state index in [1.807, 2.05) is 30.3 Å². The van der Waals surface area contributed by atoms with Crippen molar-refractivity contribution in [2.24, 2.45) is 0 Å². The summed E-state index contributed by atoms with van der Waals surface area (Å²) in [4.78, 5) is 13.9. The average molecular weight is 366 g/mol. The van der Waals surface area contributed by atoms with E-state index in [1.165, 1.54) is 0 Å². The number of carbonyl (C=O) groups is 1. The van der Waals surface area contributed by atoms with Crippen LogP contribution < -0.4 is 0 Å². The van der Waals surface area contributed by atoms with Crippen LogP contribution in [-0.4, -0.2) is 44.3 Å². The van der Waals surface area contributed by atoms with Crippen LogP contribution in [0, 0.1) is 0 Å². The van der Waals surface area contributed by atoms with Gasteiger partial charge in [0.1, 0.15) is 0 Å². The molecule has 1 saturated heterocycles. The van der Waals surface area contributed by atoms with Gasteiger partial charge in [-0.25, -0.2) is 4.79 Å². The molecule has 0 aromatic heterocycles. The molecular weight excluding hydrogens is 334 g/mol. The Morgan fingerprint density at radius 3 is 2.28 bits per heavy atom. The molecule has 25 heavy (non-hydrogen) atoms. The van der Waals surface area contributed by atoms with Gasteiger partial charge in [-0.05, 0) is 36.5 Å². The summed E-state index contributed by atoms with van der Waals surface area (Å²) in [5.74, 6) is 0. The zero-order valence-corrected chi connectivity index (χ0v) is 17.0. The molecule has 1 fully saturated rings. The van der Waals surface area contributed by atoms with Crippen molar-refractivity contribution in [2.45, 2.75) is 57.3 Å². The first-order chi connectivity index (χ1) is 11.6. The fourth-order valence-electron chi connectivity index (χ4n) is 2.63. The second kappa shape index (κ2) is 7.48. The summed E-state index contributed by atoms with van der Waals surface area (Å²) >= 11 is 0. The lowest BCUT2D eigenvalue weighted by molar-refractivity contribution is -0.0329. The summed E-state index contributed by atoms with van der Waals surface area (Å²) in [5.41, 5.74) is 0.0413. The van der Waals surface area contributed by atoms with Gasteiger partial charge in [0.05, 0.1) is 5.60 Å². The molecule has 2 rings (SSSR count). The lowest BCUT2D eigenvalue weighted by atomic mass is 9.84. The van der Waals surface area contributed by atoms with Crippen LogP contribution in [0.3, 0.4) is 0 Å². The predicted octanol–water partition coefficient (Wildman–Crippen LogP) is 4.09. The maximum absolute atomic E-state index is 12.2. The molecule has 1 N–H and O–H groups in total. The molecular formula is C19H31NO4Si. The zero-order chi connectivity index (χ0) is 18.7. The smallest absolute Gasteiger partial charge is 0.411 e. The molecule has 0 aliphatic carbocycles. The first kappa shape index (κ1) is 19.9. The summed E-state index contributed by atoms with van der Waals surface area (Å²) in [6.07, 6.45) is 0.651. The molecule has 0 radical (unpaired) electrons. The molecule has 6 heteroatoms. The van der Waals surface area contributed by atoms with E-state index in [9.17, 15) is 9.90 Å². The number of hydrogen-bond donors (Lipinski definition) is 1. The van der Waals surface area contributed by atoms with Gasteiger partial charge in [-0.1, -0.05) is 51.1 Å². The minimum Gasteiger partial charge on any atom is -0.423 e. The summed E-state index contributed by atoms with van der Waals surface area (Å²) in [6.45, 7) is 11.6. The zero-order valence-electron chi connectivity index (χ0n) is 16.0. The van der Waals surface area contributed by atoms with Gasteiger partial charge in [-0.15, -0.1) is 0 Å². The van der Waals surface area contributed by atoms with Crippen molar-refractivity contribution in [3.63, 3.8) is 0 Å². The van der Waals surface area contributed by atoms with E-state index < -0.39 is 13.9 Å². The standard InChI is InChI=1S/C19H31NO4Si/c1-18(2,3)25(4,5)24-15-23-17(21)20-13-11-19(22,12-14-20)16-9-7-6-8-10-16/h6-10,22H,11-15H2,1-5H3. The highest BCUT2D eigenvalue weighted by Gasteiger charge is 2.38. The molecule has 0 bridgehead atoms. The Hall–Kier alpha value is -1.37. The third-order valence-corrected chi connectivity index (χ3v) is 10.0. The van der Waals surface area contributed by atoms with Gasteiger partial charge in [-0.3, -0.25) is 0 Å². The van der Waals surface area contributed by atoms with Crippen LogP contribution in [-0.2, 0) is 14.8 Å². The number of hydrogen-bond acceptors (Lipinski definition) is 4. The maximum atomic E-state index is 12.2. The molecule has 1 amide bonds. The van der Waals surface area contributed by atoms with Crippen molar-refractivity contribution in [2.75, 3.05) is 19.9 Å². The Balaban J connectivity index is 1.82. The quantitative estimate of drug-likeness (QED) is 0.645. The van der Waals surface area contributed by atoms with E-state index in [1.54, 1.807) is 4.90 Å². The van der Waals surface area contributed by atoms with Gasteiger partial charge in [0.25, 0.3) is 0 Å². The minimum absolute atomic E-state index is 0.00518. The molecule has 1 aromatic carbocycles. The van der Waals surface area contributed by atoms with Crippen LogP contribution in [0.5, 0.6) is 0 Å². The monoisotopic (exact) mass is 365 g/mol. The van der Waals surface area contributed by atoms with Gasteiger partial charge in [0.15, 0.2) is 15.1 Å². The largest absolute Gasteiger partial charge is 0.423 e. The molecule has 0 unspecified atom stereocenters. The Labute approximate surface area is 152 Å². The fraction of sp³-hybridized carbons (Fsp3) is 0.632. The molecule has 0 spiro atoms. The summed E-state index contributed by atoms with van der Waals surface area (Å²) in [6, 6.07) is 9.64. The van der Waals surface area contributed by atoms with E-state index in [0.717, 1.165) is 5.56 Å². The molecule has 0 saturated carbocycles. The second-order valence-corrected chi connectivity index (χ2v) is 13.1. The number of aliphatic hydroxyl groups is 1. The van der Waals surface area contributed by atoms with Crippen LogP contribution in [0.4, 0.5) is 4.79 Å². The van der Waals surface area contributed by atoms with E-state index in [0.29, 0.717) is 25.9 Å². The number of carbonyl (C=O) groups excluding carboxylic acids is 1. The SMILES string of the molecule is CC(C)(C)[Si](C)(C)OCOC(=O)N1CCC(O)(c2ccccc2)CC1. The molecule has 0 atom stereocenters. The Morgan fingerprint density at radius 2 is 1.76 bits per heavy atom. The normalized spacial score (nSPS) is 18.1. The number of ether oxygens (including phenoxy) is 1. The second-order valence-electron chi connectivity index (χ2n) is 8.32. The van der Waals surface area contributed by atoms with Crippen LogP contribution in [0.25, 0.3) is 0 Å². The van der Waals surface area contributed by atoms with Crippen molar-refractivity contribution >= 4 is 14.4 Å². The summed E-state index contributed by atoms with van der Waals surface area (Å²) in [5, 5.41) is 10.9.